The molecule has 109 valence electrons. The van der Waals surface area contributed by atoms with Crippen LogP contribution in [-0.2, 0) is 39.1 Å². The largest absolute Gasteiger partial charge is 0.458 e. The summed E-state index contributed by atoms with van der Waals surface area (Å²) in [6, 6.07) is 10.8. The Hall–Kier alpha value is 0.244. The monoisotopic (exact) mass is 348 g/mol. The average molecular weight is 348 g/mol. The van der Waals surface area contributed by atoms with E-state index in [-0.39, 0.29) is 32.7 Å². The maximum absolute atomic E-state index is 4.04. The first-order chi connectivity index (χ1) is 9.34. The van der Waals surface area contributed by atoms with Gasteiger partial charge in [-0.1, -0.05) is 36.8 Å². The van der Waals surface area contributed by atoms with Gasteiger partial charge in [0.1, 0.15) is 0 Å². The van der Waals surface area contributed by atoms with Gasteiger partial charge in [-0.3, -0.25) is 7.05 Å². The fourth-order valence-corrected chi connectivity index (χ4v) is 2.73. The van der Waals surface area contributed by atoms with Gasteiger partial charge in [0.05, 0.1) is 0 Å². The normalized spacial score (nSPS) is 17.4. The number of nitrogens with zero attached hydrogens (tertiary/aromatic N) is 2. The van der Waals surface area contributed by atoms with E-state index in [9.17, 15) is 0 Å². The predicted octanol–water partition coefficient (Wildman–Crippen LogP) is 3.20. The number of unbranched alkanes of at least 4 members (excludes halogenated alkanes) is 2. The standard InChI is InChI=1S/C17H27N2.Y/c1-18-12-8-14-19(16-15-18)13-7-3-6-11-17-9-4-2-5-10-17;/h2,4-5,9-10H,1,3,6-8,11-16H2;/q-1;. The van der Waals surface area contributed by atoms with Crippen molar-refractivity contribution in [2.45, 2.75) is 32.1 Å². The molecule has 20 heavy (non-hydrogen) atoms. The third kappa shape index (κ3) is 7.31. The van der Waals surface area contributed by atoms with Gasteiger partial charge in [-0.15, -0.1) is 0 Å². The number of aryl methyl sites for hydroxylation is 1. The fourth-order valence-electron chi connectivity index (χ4n) is 2.73. The minimum atomic E-state index is 0. The van der Waals surface area contributed by atoms with E-state index in [0.717, 1.165) is 13.1 Å². The Morgan fingerprint density at radius 3 is 2.50 bits per heavy atom. The van der Waals surface area contributed by atoms with Gasteiger partial charge in [-0.2, -0.15) is 0 Å². The predicted molar refractivity (Wildman–Crippen MR) is 82.0 cm³/mol. The maximum Gasteiger partial charge on any atom is 0.00852 e. The van der Waals surface area contributed by atoms with Gasteiger partial charge < -0.3 is 9.80 Å². The van der Waals surface area contributed by atoms with Crippen molar-refractivity contribution in [1.82, 2.24) is 9.80 Å². The minimum Gasteiger partial charge on any atom is -0.458 e. The number of rotatable bonds is 6. The minimum absolute atomic E-state index is 0. The molecule has 1 radical (unpaired) electrons. The number of hydrogen-bond acceptors (Lipinski definition) is 2. The molecule has 0 unspecified atom stereocenters. The molecule has 1 fully saturated rings. The van der Waals surface area contributed by atoms with Crippen LogP contribution in [0.2, 0.25) is 0 Å². The Labute approximate surface area is 149 Å². The van der Waals surface area contributed by atoms with Gasteiger partial charge in [0.15, 0.2) is 0 Å². The molecular weight excluding hydrogens is 321 g/mol. The zero-order chi connectivity index (χ0) is 13.3. The van der Waals surface area contributed by atoms with E-state index in [2.05, 4.69) is 47.2 Å². The van der Waals surface area contributed by atoms with Crippen molar-refractivity contribution in [2.24, 2.45) is 0 Å². The van der Waals surface area contributed by atoms with Crippen molar-refractivity contribution in [1.29, 1.82) is 0 Å². The van der Waals surface area contributed by atoms with Crippen LogP contribution in [0.25, 0.3) is 0 Å². The summed E-state index contributed by atoms with van der Waals surface area (Å²) in [4.78, 5) is 4.81. The van der Waals surface area contributed by atoms with Gasteiger partial charge in [0.25, 0.3) is 0 Å². The Bertz CT molecular complexity index is 342. The molecule has 0 aromatic heterocycles. The SMILES string of the molecule is [CH2-]N1CCCN(CCCCCc2ccccc2)CC1.[Y]. The van der Waals surface area contributed by atoms with Crippen LogP contribution in [0.15, 0.2) is 30.3 Å². The van der Waals surface area contributed by atoms with Crippen LogP contribution in [-0.4, -0.2) is 42.5 Å². The van der Waals surface area contributed by atoms with Gasteiger partial charge >= 0.3 is 0 Å². The van der Waals surface area contributed by atoms with E-state index in [1.54, 1.807) is 0 Å². The van der Waals surface area contributed by atoms with E-state index in [1.165, 1.54) is 57.3 Å². The van der Waals surface area contributed by atoms with Gasteiger partial charge in [0.2, 0.25) is 0 Å². The van der Waals surface area contributed by atoms with E-state index in [0.29, 0.717) is 0 Å². The van der Waals surface area contributed by atoms with Crippen LogP contribution in [0.4, 0.5) is 0 Å². The Morgan fingerprint density at radius 2 is 1.70 bits per heavy atom. The summed E-state index contributed by atoms with van der Waals surface area (Å²) < 4.78 is 0. The van der Waals surface area contributed by atoms with Gasteiger partial charge in [0, 0.05) is 39.3 Å². The van der Waals surface area contributed by atoms with Crippen molar-refractivity contribution < 1.29 is 32.7 Å². The molecule has 0 bridgehead atoms. The summed E-state index contributed by atoms with van der Waals surface area (Å²) in [7, 11) is 4.04. The first kappa shape index (κ1) is 18.3. The third-order valence-electron chi connectivity index (χ3n) is 3.96. The summed E-state index contributed by atoms with van der Waals surface area (Å²) in [5.41, 5.74) is 1.48. The van der Waals surface area contributed by atoms with Crippen molar-refractivity contribution in [3.63, 3.8) is 0 Å². The van der Waals surface area contributed by atoms with Crippen LogP contribution >= 0.6 is 0 Å². The fraction of sp³-hybridized carbons (Fsp3) is 0.588. The molecule has 0 N–H and O–H groups in total. The number of benzene rings is 1. The molecule has 1 aromatic carbocycles. The molecule has 1 aromatic rings. The zero-order valence-corrected chi connectivity index (χ0v) is 15.5. The Kier molecular flexibility index (Phi) is 9.97. The summed E-state index contributed by atoms with van der Waals surface area (Å²) in [5, 5.41) is 0. The molecule has 1 aliphatic heterocycles. The third-order valence-corrected chi connectivity index (χ3v) is 3.96. The summed E-state index contributed by atoms with van der Waals surface area (Å²) >= 11 is 0. The molecule has 0 atom stereocenters. The van der Waals surface area contributed by atoms with Crippen LogP contribution in [0, 0.1) is 7.05 Å². The van der Waals surface area contributed by atoms with Crippen molar-refractivity contribution in [2.75, 3.05) is 32.7 Å². The molecule has 0 saturated carbocycles. The molecule has 0 amide bonds. The quantitative estimate of drug-likeness (QED) is 0.575. The average Bonchev–Trinajstić information content (AvgIpc) is 2.64. The van der Waals surface area contributed by atoms with Crippen LogP contribution in [0.3, 0.4) is 0 Å². The summed E-state index contributed by atoms with van der Waals surface area (Å²) in [6.07, 6.45) is 6.50. The van der Waals surface area contributed by atoms with Crippen LogP contribution < -0.4 is 0 Å². The first-order valence-corrected chi connectivity index (χ1v) is 7.66. The van der Waals surface area contributed by atoms with E-state index in [1.807, 2.05) is 0 Å². The van der Waals surface area contributed by atoms with Gasteiger partial charge in [-0.25, -0.2) is 0 Å². The topological polar surface area (TPSA) is 6.48 Å². The zero-order valence-electron chi connectivity index (χ0n) is 12.6. The number of hydrogen-bond donors (Lipinski definition) is 0. The second-order valence-corrected chi connectivity index (χ2v) is 5.61. The smallest absolute Gasteiger partial charge is 0.00852 e. The summed E-state index contributed by atoms with van der Waals surface area (Å²) in [5.74, 6) is 0. The first-order valence-electron chi connectivity index (χ1n) is 7.66. The maximum atomic E-state index is 4.04. The van der Waals surface area contributed by atoms with Crippen molar-refractivity contribution in [3.05, 3.63) is 42.9 Å². The van der Waals surface area contributed by atoms with E-state index >= 15 is 0 Å². The summed E-state index contributed by atoms with van der Waals surface area (Å²) in [6.45, 7) is 6.00. The molecule has 2 rings (SSSR count). The molecule has 1 heterocycles. The molecule has 2 nitrogen and oxygen atoms in total. The Morgan fingerprint density at radius 1 is 0.900 bits per heavy atom. The second-order valence-electron chi connectivity index (χ2n) is 5.61. The molecular formula is C17H27N2Y-. The van der Waals surface area contributed by atoms with Crippen molar-refractivity contribution in [3.8, 4) is 0 Å². The van der Waals surface area contributed by atoms with Gasteiger partial charge in [-0.05, 0) is 57.4 Å². The molecule has 0 spiro atoms. The molecule has 0 aliphatic carbocycles. The van der Waals surface area contributed by atoms with E-state index in [4.69, 9.17) is 0 Å². The molecule has 1 aliphatic rings. The van der Waals surface area contributed by atoms with E-state index < -0.39 is 0 Å². The molecule has 1 saturated heterocycles. The van der Waals surface area contributed by atoms with Crippen LogP contribution in [0.5, 0.6) is 0 Å². The Balaban J connectivity index is 0.00000200. The second kappa shape index (κ2) is 10.9. The molecule has 3 heteroatoms. The van der Waals surface area contributed by atoms with Crippen molar-refractivity contribution >= 4 is 0 Å². The van der Waals surface area contributed by atoms with Crippen LogP contribution in [0.1, 0.15) is 31.2 Å².